The minimum absolute atomic E-state index is 0.0111. The van der Waals surface area contributed by atoms with Crippen molar-refractivity contribution in [1.82, 2.24) is 14.4 Å². The summed E-state index contributed by atoms with van der Waals surface area (Å²) in [6.45, 7) is 2.49. The quantitative estimate of drug-likeness (QED) is 0.494. The van der Waals surface area contributed by atoms with Crippen LogP contribution in [-0.4, -0.2) is 34.0 Å². The second-order valence-electron chi connectivity index (χ2n) is 7.15. The number of aromatic nitrogens is 3. The van der Waals surface area contributed by atoms with Crippen LogP contribution in [-0.2, 0) is 11.2 Å². The lowest BCUT2D eigenvalue weighted by molar-refractivity contribution is -0.115. The molecule has 1 amide bonds. The van der Waals surface area contributed by atoms with Gasteiger partial charge < -0.3 is 24.5 Å². The van der Waals surface area contributed by atoms with E-state index < -0.39 is 0 Å². The summed E-state index contributed by atoms with van der Waals surface area (Å²) in [5.41, 5.74) is 5.00. The molecule has 0 fully saturated rings. The Bertz CT molecular complexity index is 1300. The number of anilines is 3. The summed E-state index contributed by atoms with van der Waals surface area (Å²) in [4.78, 5) is 20.9. The summed E-state index contributed by atoms with van der Waals surface area (Å²) in [5, 5.41) is 6.24. The molecule has 1 aliphatic rings. The van der Waals surface area contributed by atoms with Crippen molar-refractivity contribution in [2.24, 2.45) is 0 Å². The van der Waals surface area contributed by atoms with Gasteiger partial charge in [-0.05, 0) is 30.7 Å². The average molecular weight is 415 g/mol. The van der Waals surface area contributed by atoms with Crippen LogP contribution in [0.2, 0.25) is 0 Å². The van der Waals surface area contributed by atoms with Crippen LogP contribution >= 0.6 is 0 Å². The number of nitrogens with one attached hydrogen (secondary N) is 2. The van der Waals surface area contributed by atoms with Gasteiger partial charge >= 0.3 is 0 Å². The molecule has 0 bridgehead atoms. The van der Waals surface area contributed by atoms with Crippen LogP contribution in [0.4, 0.5) is 17.2 Å². The molecule has 0 aliphatic carbocycles. The SMILES string of the molecule is CCOc1ccc(Nc2nc(-c3ccc4c(c3)NC(=O)C4)cn3ccnc23)cc1OC. The fourth-order valence-electron chi connectivity index (χ4n) is 3.69. The van der Waals surface area contributed by atoms with E-state index >= 15 is 0 Å². The second kappa shape index (κ2) is 7.64. The number of rotatable bonds is 6. The molecule has 2 aromatic heterocycles. The number of imidazole rings is 1. The monoisotopic (exact) mass is 415 g/mol. The summed E-state index contributed by atoms with van der Waals surface area (Å²) < 4.78 is 13.0. The largest absolute Gasteiger partial charge is 0.493 e. The van der Waals surface area contributed by atoms with E-state index in [-0.39, 0.29) is 5.91 Å². The molecule has 0 saturated heterocycles. The van der Waals surface area contributed by atoms with E-state index in [9.17, 15) is 4.79 Å². The van der Waals surface area contributed by atoms with Crippen LogP contribution in [0, 0.1) is 0 Å². The fraction of sp³-hybridized carbons (Fsp3) is 0.174. The average Bonchev–Trinajstić information content (AvgIpc) is 3.39. The number of carbonyl (C=O) groups excluding carboxylic acids is 1. The van der Waals surface area contributed by atoms with E-state index in [2.05, 4.69) is 15.6 Å². The van der Waals surface area contributed by atoms with Gasteiger partial charge in [-0.3, -0.25) is 4.79 Å². The maximum Gasteiger partial charge on any atom is 0.228 e. The van der Waals surface area contributed by atoms with Crippen LogP contribution in [0.5, 0.6) is 11.5 Å². The first-order chi connectivity index (χ1) is 15.1. The van der Waals surface area contributed by atoms with Gasteiger partial charge in [-0.2, -0.15) is 0 Å². The van der Waals surface area contributed by atoms with Crippen molar-refractivity contribution in [2.75, 3.05) is 24.4 Å². The van der Waals surface area contributed by atoms with Gasteiger partial charge in [-0.1, -0.05) is 12.1 Å². The Balaban J connectivity index is 1.54. The van der Waals surface area contributed by atoms with Gasteiger partial charge in [-0.25, -0.2) is 9.97 Å². The molecule has 2 aromatic carbocycles. The Morgan fingerprint density at radius 1 is 1.19 bits per heavy atom. The molecule has 156 valence electrons. The maximum atomic E-state index is 11.7. The van der Waals surface area contributed by atoms with Crippen LogP contribution in [0.1, 0.15) is 12.5 Å². The minimum Gasteiger partial charge on any atom is -0.493 e. The van der Waals surface area contributed by atoms with E-state index in [0.29, 0.717) is 36.0 Å². The Hall–Kier alpha value is -4.07. The lowest BCUT2D eigenvalue weighted by Crippen LogP contribution is -2.03. The third-order valence-electron chi connectivity index (χ3n) is 5.13. The molecule has 0 unspecified atom stereocenters. The first kappa shape index (κ1) is 18.9. The highest BCUT2D eigenvalue weighted by Crippen LogP contribution is 2.33. The van der Waals surface area contributed by atoms with Gasteiger partial charge in [0.15, 0.2) is 23.0 Å². The fourth-order valence-corrected chi connectivity index (χ4v) is 3.69. The Morgan fingerprint density at radius 2 is 2.10 bits per heavy atom. The first-order valence-electron chi connectivity index (χ1n) is 9.99. The predicted octanol–water partition coefficient (Wildman–Crippen LogP) is 4.04. The van der Waals surface area contributed by atoms with Gasteiger partial charge in [0.05, 0.1) is 25.8 Å². The van der Waals surface area contributed by atoms with Crippen molar-refractivity contribution < 1.29 is 14.3 Å². The highest BCUT2D eigenvalue weighted by molar-refractivity contribution is 5.99. The highest BCUT2D eigenvalue weighted by atomic mass is 16.5. The summed E-state index contributed by atoms with van der Waals surface area (Å²) in [6, 6.07) is 11.5. The van der Waals surface area contributed by atoms with Crippen LogP contribution < -0.4 is 20.1 Å². The lowest BCUT2D eigenvalue weighted by atomic mass is 10.1. The summed E-state index contributed by atoms with van der Waals surface area (Å²) in [6.07, 6.45) is 5.94. The van der Waals surface area contributed by atoms with Gasteiger partial charge in [0.25, 0.3) is 0 Å². The Morgan fingerprint density at radius 3 is 2.94 bits per heavy atom. The van der Waals surface area contributed by atoms with Crippen molar-refractivity contribution in [3.05, 3.63) is 60.6 Å². The van der Waals surface area contributed by atoms with E-state index in [0.717, 1.165) is 28.2 Å². The van der Waals surface area contributed by atoms with Gasteiger partial charge in [0.1, 0.15) is 0 Å². The molecule has 8 nitrogen and oxygen atoms in total. The molecule has 4 aromatic rings. The normalized spacial score (nSPS) is 12.5. The molecular weight excluding hydrogens is 394 g/mol. The molecule has 0 spiro atoms. The molecule has 2 N–H and O–H groups in total. The number of ether oxygens (including phenoxy) is 2. The number of nitrogens with zero attached hydrogens (tertiary/aromatic N) is 3. The summed E-state index contributed by atoms with van der Waals surface area (Å²) in [7, 11) is 1.61. The molecule has 31 heavy (non-hydrogen) atoms. The highest BCUT2D eigenvalue weighted by Gasteiger charge is 2.19. The van der Waals surface area contributed by atoms with Crippen LogP contribution in [0.15, 0.2) is 55.0 Å². The Kier molecular flexibility index (Phi) is 4.66. The molecule has 3 heterocycles. The molecule has 0 radical (unpaired) electrons. The van der Waals surface area contributed by atoms with Gasteiger partial charge in [-0.15, -0.1) is 0 Å². The molecule has 1 aliphatic heterocycles. The standard InChI is InChI=1S/C23H21N5O3/c1-3-31-19-7-6-16(12-20(19)30-2)25-22-23-24-8-9-28(23)13-18(27-22)14-4-5-15-11-21(29)26-17(15)10-14/h4-10,12-13H,3,11H2,1-2H3,(H,25,27)(H,26,29). The molecule has 0 atom stereocenters. The zero-order valence-corrected chi connectivity index (χ0v) is 17.2. The van der Waals surface area contributed by atoms with E-state index in [1.807, 2.05) is 60.1 Å². The van der Waals surface area contributed by atoms with Gasteiger partial charge in [0.2, 0.25) is 5.91 Å². The van der Waals surface area contributed by atoms with E-state index in [4.69, 9.17) is 14.5 Å². The van der Waals surface area contributed by atoms with Crippen molar-refractivity contribution >= 4 is 28.7 Å². The second-order valence-corrected chi connectivity index (χ2v) is 7.15. The lowest BCUT2D eigenvalue weighted by Gasteiger charge is -2.13. The van der Waals surface area contributed by atoms with E-state index in [1.165, 1.54) is 0 Å². The van der Waals surface area contributed by atoms with Crippen LogP contribution in [0.25, 0.3) is 16.9 Å². The smallest absolute Gasteiger partial charge is 0.228 e. The zero-order chi connectivity index (χ0) is 21.4. The van der Waals surface area contributed by atoms with Crippen molar-refractivity contribution in [2.45, 2.75) is 13.3 Å². The maximum absolute atomic E-state index is 11.7. The molecular formula is C23H21N5O3. The number of hydrogen-bond donors (Lipinski definition) is 2. The molecule has 0 saturated carbocycles. The number of methoxy groups -OCH3 is 1. The Labute approximate surface area is 178 Å². The summed E-state index contributed by atoms with van der Waals surface area (Å²) >= 11 is 0. The van der Waals surface area contributed by atoms with Crippen molar-refractivity contribution in [3.8, 4) is 22.8 Å². The third kappa shape index (κ3) is 3.52. The summed E-state index contributed by atoms with van der Waals surface area (Å²) in [5.74, 6) is 1.94. The topological polar surface area (TPSA) is 89.8 Å². The number of amides is 1. The molecule has 8 heteroatoms. The van der Waals surface area contributed by atoms with E-state index in [1.54, 1.807) is 13.3 Å². The first-order valence-corrected chi connectivity index (χ1v) is 9.99. The number of benzene rings is 2. The number of fused-ring (bicyclic) bond motifs is 2. The third-order valence-corrected chi connectivity index (χ3v) is 5.13. The van der Waals surface area contributed by atoms with Crippen molar-refractivity contribution in [3.63, 3.8) is 0 Å². The minimum atomic E-state index is 0.0111. The van der Waals surface area contributed by atoms with Crippen molar-refractivity contribution in [1.29, 1.82) is 0 Å². The number of carbonyl (C=O) groups is 1. The molecule has 5 rings (SSSR count). The number of hydrogen-bond acceptors (Lipinski definition) is 6. The predicted molar refractivity (Wildman–Crippen MR) is 118 cm³/mol. The van der Waals surface area contributed by atoms with Gasteiger partial charge in [0, 0.05) is 41.6 Å². The zero-order valence-electron chi connectivity index (χ0n) is 17.2. The van der Waals surface area contributed by atoms with Crippen LogP contribution in [0.3, 0.4) is 0 Å².